The van der Waals surface area contributed by atoms with E-state index in [9.17, 15) is 9.59 Å². The highest BCUT2D eigenvalue weighted by Gasteiger charge is 2.25. The van der Waals surface area contributed by atoms with Crippen LogP contribution >= 0.6 is 23.1 Å². The van der Waals surface area contributed by atoms with E-state index >= 15 is 0 Å². The second kappa shape index (κ2) is 7.40. The van der Waals surface area contributed by atoms with Gasteiger partial charge < -0.3 is 16.2 Å². The van der Waals surface area contributed by atoms with Crippen LogP contribution in [0.2, 0.25) is 0 Å². The summed E-state index contributed by atoms with van der Waals surface area (Å²) in [7, 11) is 0. The van der Waals surface area contributed by atoms with E-state index in [1.165, 1.54) is 11.3 Å². The van der Waals surface area contributed by atoms with Crippen LogP contribution in [0.3, 0.4) is 0 Å². The molecule has 1 heterocycles. The quantitative estimate of drug-likeness (QED) is 0.698. The minimum Gasteiger partial charge on any atom is -0.479 e. The average Bonchev–Trinajstić information content (AvgIpc) is 2.85. The van der Waals surface area contributed by atoms with E-state index in [-0.39, 0.29) is 0 Å². The molecular formula is C11H16N2O3S2. The summed E-state index contributed by atoms with van der Waals surface area (Å²) in [5.41, 5.74) is 5.69. The van der Waals surface area contributed by atoms with Crippen molar-refractivity contribution in [2.24, 2.45) is 5.73 Å². The molecule has 1 rings (SSSR count). The molecule has 1 amide bonds. The van der Waals surface area contributed by atoms with Crippen LogP contribution in [0.4, 0.5) is 0 Å². The van der Waals surface area contributed by atoms with Crippen molar-refractivity contribution in [3.63, 3.8) is 0 Å². The van der Waals surface area contributed by atoms with Crippen LogP contribution < -0.4 is 11.1 Å². The Balaban J connectivity index is 2.62. The average molecular weight is 288 g/mol. The van der Waals surface area contributed by atoms with Gasteiger partial charge >= 0.3 is 5.97 Å². The molecule has 0 radical (unpaired) electrons. The van der Waals surface area contributed by atoms with Gasteiger partial charge in [0.15, 0.2) is 6.04 Å². The number of thiophene rings is 1. The van der Waals surface area contributed by atoms with Crippen molar-refractivity contribution in [1.29, 1.82) is 0 Å². The standard InChI is InChI=1S/C11H16N2O3S2/c1-17-6-4-7(12)10(14)13-9(11(15)16)8-3-2-5-18-8/h2-3,5,7,9H,4,6,12H2,1H3,(H,13,14)(H,15,16)/t7-,9?/m1/s1. The summed E-state index contributed by atoms with van der Waals surface area (Å²) in [5.74, 6) is -0.738. The molecule has 0 aliphatic carbocycles. The summed E-state index contributed by atoms with van der Waals surface area (Å²) in [5, 5.41) is 13.3. The van der Waals surface area contributed by atoms with Crippen LogP contribution in [0, 0.1) is 0 Å². The van der Waals surface area contributed by atoms with Crippen LogP contribution in [0.1, 0.15) is 17.3 Å². The molecule has 100 valence electrons. The molecule has 0 bridgehead atoms. The third kappa shape index (κ3) is 4.32. The Morgan fingerprint density at radius 3 is 2.83 bits per heavy atom. The lowest BCUT2D eigenvalue weighted by molar-refractivity contribution is -0.142. The molecule has 0 aliphatic rings. The normalized spacial score (nSPS) is 13.9. The molecular weight excluding hydrogens is 272 g/mol. The number of carboxylic acids is 1. The lowest BCUT2D eigenvalue weighted by Crippen LogP contribution is -2.44. The first kappa shape index (κ1) is 15.0. The molecule has 1 aromatic rings. The Morgan fingerprint density at radius 2 is 2.33 bits per heavy atom. The molecule has 1 unspecified atom stereocenters. The predicted octanol–water partition coefficient (Wildman–Crippen LogP) is 1.07. The molecule has 0 spiro atoms. The number of carbonyl (C=O) groups is 2. The van der Waals surface area contributed by atoms with Gasteiger partial charge in [0.2, 0.25) is 5.91 Å². The molecule has 0 aliphatic heterocycles. The lowest BCUT2D eigenvalue weighted by Gasteiger charge is -2.16. The van der Waals surface area contributed by atoms with Crippen LogP contribution in [0.5, 0.6) is 0 Å². The first-order chi connectivity index (χ1) is 8.56. The predicted molar refractivity (Wildman–Crippen MR) is 73.8 cm³/mol. The summed E-state index contributed by atoms with van der Waals surface area (Å²) in [6, 6.07) is 1.74. The minimum absolute atomic E-state index is 0.426. The molecule has 0 saturated heterocycles. The maximum atomic E-state index is 11.8. The number of aliphatic carboxylic acids is 1. The number of rotatable bonds is 7. The lowest BCUT2D eigenvalue weighted by atomic mass is 10.2. The fourth-order valence-corrected chi connectivity index (χ4v) is 2.59. The molecule has 4 N–H and O–H groups in total. The minimum atomic E-state index is -1.08. The van der Waals surface area contributed by atoms with E-state index < -0.39 is 24.0 Å². The zero-order chi connectivity index (χ0) is 13.5. The van der Waals surface area contributed by atoms with E-state index in [0.29, 0.717) is 11.3 Å². The Morgan fingerprint density at radius 1 is 1.61 bits per heavy atom. The molecule has 0 aromatic carbocycles. The number of thioether (sulfide) groups is 1. The third-order valence-corrected chi connectivity index (χ3v) is 3.91. The van der Waals surface area contributed by atoms with Crippen molar-refractivity contribution in [3.05, 3.63) is 22.4 Å². The highest BCUT2D eigenvalue weighted by Crippen LogP contribution is 2.19. The third-order valence-electron chi connectivity index (χ3n) is 2.33. The molecule has 7 heteroatoms. The highest BCUT2D eigenvalue weighted by atomic mass is 32.2. The van der Waals surface area contributed by atoms with Gasteiger partial charge in [0, 0.05) is 4.88 Å². The Kier molecular flexibility index (Phi) is 6.17. The van der Waals surface area contributed by atoms with Gasteiger partial charge in [-0.15, -0.1) is 11.3 Å². The first-order valence-corrected chi connectivity index (χ1v) is 7.64. The number of amides is 1. The topological polar surface area (TPSA) is 92.4 Å². The van der Waals surface area contributed by atoms with Crippen LogP contribution in [0.25, 0.3) is 0 Å². The largest absolute Gasteiger partial charge is 0.479 e. The van der Waals surface area contributed by atoms with E-state index in [4.69, 9.17) is 10.8 Å². The number of nitrogens with one attached hydrogen (secondary N) is 1. The number of hydrogen-bond donors (Lipinski definition) is 3. The summed E-state index contributed by atoms with van der Waals surface area (Å²) in [6.45, 7) is 0. The van der Waals surface area contributed by atoms with E-state index in [1.54, 1.807) is 29.3 Å². The second-order valence-corrected chi connectivity index (χ2v) is 5.65. The van der Waals surface area contributed by atoms with Crippen molar-refractivity contribution in [1.82, 2.24) is 5.32 Å². The number of carbonyl (C=O) groups excluding carboxylic acids is 1. The van der Waals surface area contributed by atoms with Crippen molar-refractivity contribution < 1.29 is 14.7 Å². The SMILES string of the molecule is CSCC[C@@H](N)C(=O)NC(C(=O)O)c1cccs1. The molecule has 18 heavy (non-hydrogen) atoms. The van der Waals surface area contributed by atoms with Crippen molar-refractivity contribution in [2.45, 2.75) is 18.5 Å². The van der Waals surface area contributed by atoms with Crippen molar-refractivity contribution in [2.75, 3.05) is 12.0 Å². The van der Waals surface area contributed by atoms with Gasteiger partial charge in [-0.1, -0.05) is 6.07 Å². The summed E-state index contributed by atoms with van der Waals surface area (Å²) < 4.78 is 0. The van der Waals surface area contributed by atoms with Crippen LogP contribution in [-0.4, -0.2) is 35.0 Å². The molecule has 1 aromatic heterocycles. The summed E-state index contributed by atoms with van der Waals surface area (Å²) in [4.78, 5) is 23.5. The van der Waals surface area contributed by atoms with Gasteiger partial charge in [0.25, 0.3) is 0 Å². The van der Waals surface area contributed by atoms with Gasteiger partial charge in [0.05, 0.1) is 6.04 Å². The summed E-state index contributed by atoms with van der Waals surface area (Å²) >= 11 is 2.89. The zero-order valence-electron chi connectivity index (χ0n) is 9.96. The molecule has 0 fully saturated rings. The Bertz CT molecular complexity index is 395. The summed E-state index contributed by atoms with van der Waals surface area (Å²) in [6.07, 6.45) is 2.46. The number of carboxylic acid groups (broad SMARTS) is 1. The van der Waals surface area contributed by atoms with Gasteiger partial charge in [-0.2, -0.15) is 11.8 Å². The van der Waals surface area contributed by atoms with Crippen LogP contribution in [0.15, 0.2) is 17.5 Å². The van der Waals surface area contributed by atoms with Crippen molar-refractivity contribution in [3.8, 4) is 0 Å². The van der Waals surface area contributed by atoms with E-state index in [0.717, 1.165) is 5.75 Å². The Labute approximate surface area is 114 Å². The Hall–Kier alpha value is -1.05. The number of nitrogens with two attached hydrogens (primary N) is 1. The van der Waals surface area contributed by atoms with Gasteiger partial charge in [0.1, 0.15) is 0 Å². The molecule has 0 saturated carbocycles. The first-order valence-electron chi connectivity index (χ1n) is 5.37. The maximum absolute atomic E-state index is 11.8. The van der Waals surface area contributed by atoms with Crippen molar-refractivity contribution >= 4 is 35.0 Å². The smallest absolute Gasteiger partial charge is 0.331 e. The van der Waals surface area contributed by atoms with E-state index in [1.807, 2.05) is 6.26 Å². The zero-order valence-corrected chi connectivity index (χ0v) is 11.6. The molecule has 2 atom stereocenters. The highest BCUT2D eigenvalue weighted by molar-refractivity contribution is 7.98. The van der Waals surface area contributed by atoms with Gasteiger partial charge in [-0.25, -0.2) is 4.79 Å². The fourth-order valence-electron chi connectivity index (χ4n) is 1.34. The fraction of sp³-hybridized carbons (Fsp3) is 0.455. The molecule has 5 nitrogen and oxygen atoms in total. The van der Waals surface area contributed by atoms with Gasteiger partial charge in [-0.3, -0.25) is 4.79 Å². The monoisotopic (exact) mass is 288 g/mol. The van der Waals surface area contributed by atoms with Crippen LogP contribution in [-0.2, 0) is 9.59 Å². The second-order valence-electron chi connectivity index (χ2n) is 3.68. The van der Waals surface area contributed by atoms with Gasteiger partial charge in [-0.05, 0) is 29.9 Å². The number of hydrogen-bond acceptors (Lipinski definition) is 5. The maximum Gasteiger partial charge on any atom is 0.331 e. The van der Waals surface area contributed by atoms with E-state index in [2.05, 4.69) is 5.32 Å².